The number of carboxylic acid groups (broad SMARTS) is 1. The lowest BCUT2D eigenvalue weighted by Crippen LogP contribution is -2.36. The first-order valence-corrected chi connectivity index (χ1v) is 14.0. The van der Waals surface area contributed by atoms with Crippen molar-refractivity contribution in [2.75, 3.05) is 31.1 Å². The SMILES string of the molecule is Cc1cc(C(=O)N2CCCCC2)ccc1COc1ccc(F)cc1-c1csc(N2CCC(C(=O)O)CC2)n1. The zero-order valence-electron chi connectivity index (χ0n) is 21.5. The van der Waals surface area contributed by atoms with Gasteiger partial charge in [0.05, 0.1) is 11.6 Å². The Morgan fingerprint density at radius 3 is 2.55 bits per heavy atom. The zero-order valence-corrected chi connectivity index (χ0v) is 22.3. The van der Waals surface area contributed by atoms with Crippen LogP contribution in [0.4, 0.5) is 9.52 Å². The molecule has 1 amide bonds. The Balaban J connectivity index is 1.28. The summed E-state index contributed by atoms with van der Waals surface area (Å²) in [5.41, 5.74) is 3.81. The van der Waals surface area contributed by atoms with E-state index in [0.717, 1.165) is 42.2 Å². The van der Waals surface area contributed by atoms with Crippen LogP contribution >= 0.6 is 11.3 Å². The number of likely N-dealkylation sites (tertiary alicyclic amines) is 1. The van der Waals surface area contributed by atoms with Crippen molar-refractivity contribution in [2.45, 2.75) is 45.6 Å². The molecule has 2 fully saturated rings. The molecule has 9 heteroatoms. The average Bonchev–Trinajstić information content (AvgIpc) is 3.43. The highest BCUT2D eigenvalue weighted by atomic mass is 32.1. The number of benzene rings is 2. The normalized spacial score (nSPS) is 16.5. The minimum Gasteiger partial charge on any atom is -0.488 e. The second-order valence-electron chi connectivity index (χ2n) is 10.0. The van der Waals surface area contributed by atoms with Gasteiger partial charge in [0.25, 0.3) is 5.91 Å². The minimum absolute atomic E-state index is 0.0765. The summed E-state index contributed by atoms with van der Waals surface area (Å²) in [5, 5.41) is 11.9. The standard InChI is InChI=1S/C29H32FN3O4S/c1-19-15-21(27(34)32-11-3-2-4-12-32)5-6-22(19)17-37-26-8-7-23(30)16-24(26)25-18-38-29(31-25)33-13-9-20(10-14-33)28(35)36/h5-8,15-16,18,20H,2-4,9-14,17H2,1H3,(H,35,36). The van der Waals surface area contributed by atoms with Crippen LogP contribution in [0, 0.1) is 18.7 Å². The number of amides is 1. The summed E-state index contributed by atoms with van der Waals surface area (Å²) in [5.74, 6) is -0.826. The molecule has 0 unspecified atom stereocenters. The van der Waals surface area contributed by atoms with E-state index in [1.54, 1.807) is 6.07 Å². The van der Waals surface area contributed by atoms with Crippen LogP contribution in [0.1, 0.15) is 53.6 Å². The van der Waals surface area contributed by atoms with Gasteiger partial charge in [0.1, 0.15) is 18.2 Å². The number of carboxylic acids is 1. The maximum Gasteiger partial charge on any atom is 0.306 e. The third-order valence-corrected chi connectivity index (χ3v) is 8.34. The number of nitrogens with zero attached hydrogens (tertiary/aromatic N) is 3. The highest BCUT2D eigenvalue weighted by Gasteiger charge is 2.26. The number of thiazole rings is 1. The Kier molecular flexibility index (Phi) is 7.93. The van der Waals surface area contributed by atoms with Gasteiger partial charge in [-0.25, -0.2) is 9.37 Å². The fourth-order valence-electron chi connectivity index (χ4n) is 5.11. The quantitative estimate of drug-likeness (QED) is 0.412. The maximum absolute atomic E-state index is 14.2. The number of hydrogen-bond donors (Lipinski definition) is 1. The summed E-state index contributed by atoms with van der Waals surface area (Å²) >= 11 is 1.46. The minimum atomic E-state index is -0.746. The number of halogens is 1. The highest BCUT2D eigenvalue weighted by Crippen LogP contribution is 2.36. The van der Waals surface area contributed by atoms with Crippen molar-refractivity contribution in [3.8, 4) is 17.0 Å². The van der Waals surface area contributed by atoms with Crippen LogP contribution in [0.5, 0.6) is 5.75 Å². The van der Waals surface area contributed by atoms with E-state index in [-0.39, 0.29) is 24.2 Å². The smallest absolute Gasteiger partial charge is 0.306 e. The molecule has 0 bridgehead atoms. The van der Waals surface area contributed by atoms with Gasteiger partial charge in [0.2, 0.25) is 0 Å². The molecule has 2 aliphatic rings. The number of rotatable bonds is 7. The maximum atomic E-state index is 14.2. The van der Waals surface area contributed by atoms with Crippen molar-refractivity contribution >= 4 is 28.3 Å². The fraction of sp³-hybridized carbons (Fsp3) is 0.414. The molecule has 0 radical (unpaired) electrons. The Morgan fingerprint density at radius 1 is 1.08 bits per heavy atom. The number of aliphatic carboxylic acids is 1. The molecule has 38 heavy (non-hydrogen) atoms. The van der Waals surface area contributed by atoms with Crippen molar-refractivity contribution in [2.24, 2.45) is 5.92 Å². The number of aromatic nitrogens is 1. The number of carbonyl (C=O) groups is 2. The molecule has 1 aromatic heterocycles. The predicted octanol–water partition coefficient (Wildman–Crippen LogP) is 5.76. The van der Waals surface area contributed by atoms with Gasteiger partial charge in [-0.2, -0.15) is 0 Å². The molecule has 3 heterocycles. The molecule has 5 rings (SSSR count). The molecular formula is C29H32FN3O4S. The Hall–Kier alpha value is -3.46. The van der Waals surface area contributed by atoms with E-state index >= 15 is 0 Å². The van der Waals surface area contributed by atoms with Gasteiger partial charge < -0.3 is 19.6 Å². The Bertz CT molecular complexity index is 1310. The molecule has 0 atom stereocenters. The van der Waals surface area contributed by atoms with Crippen molar-refractivity contribution in [1.82, 2.24) is 9.88 Å². The van der Waals surface area contributed by atoms with E-state index in [1.165, 1.54) is 29.9 Å². The number of anilines is 1. The van der Waals surface area contributed by atoms with Crippen molar-refractivity contribution in [3.05, 3.63) is 64.3 Å². The first-order valence-electron chi connectivity index (χ1n) is 13.1. The first-order chi connectivity index (χ1) is 18.4. The van der Waals surface area contributed by atoms with Gasteiger partial charge in [-0.3, -0.25) is 9.59 Å². The van der Waals surface area contributed by atoms with Crippen LogP contribution in [0.25, 0.3) is 11.3 Å². The third-order valence-electron chi connectivity index (χ3n) is 7.44. The van der Waals surface area contributed by atoms with Crippen LogP contribution in [0.15, 0.2) is 41.8 Å². The van der Waals surface area contributed by atoms with E-state index in [9.17, 15) is 19.1 Å². The Morgan fingerprint density at radius 2 is 1.84 bits per heavy atom. The number of carbonyl (C=O) groups excluding carboxylic acids is 1. The molecule has 1 N–H and O–H groups in total. The number of hydrogen-bond acceptors (Lipinski definition) is 6. The summed E-state index contributed by atoms with van der Waals surface area (Å²) in [4.78, 5) is 32.9. The van der Waals surface area contributed by atoms with E-state index in [1.807, 2.05) is 35.4 Å². The molecule has 3 aromatic rings. The molecule has 2 saturated heterocycles. The molecule has 0 aliphatic carbocycles. The largest absolute Gasteiger partial charge is 0.488 e. The number of aryl methyl sites for hydroxylation is 1. The molecule has 0 spiro atoms. The fourth-order valence-corrected chi connectivity index (χ4v) is 5.98. The molecule has 2 aliphatic heterocycles. The second kappa shape index (κ2) is 11.5. The summed E-state index contributed by atoms with van der Waals surface area (Å²) in [6, 6.07) is 10.1. The van der Waals surface area contributed by atoms with Gasteiger partial charge in [-0.1, -0.05) is 6.07 Å². The third kappa shape index (κ3) is 5.83. The Labute approximate surface area is 225 Å². The van der Waals surface area contributed by atoms with E-state index in [2.05, 4.69) is 4.90 Å². The summed E-state index contributed by atoms with van der Waals surface area (Å²) < 4.78 is 20.4. The van der Waals surface area contributed by atoms with Gasteiger partial charge >= 0.3 is 5.97 Å². The number of piperidine rings is 2. The van der Waals surface area contributed by atoms with Crippen LogP contribution in [0.2, 0.25) is 0 Å². The lowest BCUT2D eigenvalue weighted by molar-refractivity contribution is -0.142. The molecule has 0 saturated carbocycles. The topological polar surface area (TPSA) is 83.0 Å². The molecule has 200 valence electrons. The van der Waals surface area contributed by atoms with Crippen molar-refractivity contribution in [1.29, 1.82) is 0 Å². The van der Waals surface area contributed by atoms with Gasteiger partial charge in [-0.05, 0) is 80.5 Å². The highest BCUT2D eigenvalue weighted by molar-refractivity contribution is 7.14. The van der Waals surface area contributed by atoms with Crippen LogP contribution in [0.3, 0.4) is 0 Å². The van der Waals surface area contributed by atoms with Gasteiger partial charge in [-0.15, -0.1) is 11.3 Å². The summed E-state index contributed by atoms with van der Waals surface area (Å²) in [6.45, 7) is 5.14. The van der Waals surface area contributed by atoms with Crippen LogP contribution in [-0.4, -0.2) is 53.0 Å². The monoisotopic (exact) mass is 537 g/mol. The average molecular weight is 538 g/mol. The molecule has 2 aromatic carbocycles. The van der Waals surface area contributed by atoms with E-state index < -0.39 is 5.97 Å². The second-order valence-corrected chi connectivity index (χ2v) is 10.9. The lowest BCUT2D eigenvalue weighted by Gasteiger charge is -2.29. The lowest BCUT2D eigenvalue weighted by atomic mass is 9.97. The summed E-state index contributed by atoms with van der Waals surface area (Å²) in [7, 11) is 0. The van der Waals surface area contributed by atoms with Crippen LogP contribution < -0.4 is 9.64 Å². The van der Waals surface area contributed by atoms with Gasteiger partial charge in [0.15, 0.2) is 5.13 Å². The van der Waals surface area contributed by atoms with Crippen molar-refractivity contribution < 1.29 is 23.8 Å². The first kappa shape index (κ1) is 26.2. The summed E-state index contributed by atoms with van der Waals surface area (Å²) in [6.07, 6.45) is 4.46. The van der Waals surface area contributed by atoms with Crippen LogP contribution in [-0.2, 0) is 11.4 Å². The van der Waals surface area contributed by atoms with Crippen molar-refractivity contribution in [3.63, 3.8) is 0 Å². The zero-order chi connectivity index (χ0) is 26.6. The van der Waals surface area contributed by atoms with Gasteiger partial charge in [0, 0.05) is 42.7 Å². The molecular weight excluding hydrogens is 505 g/mol. The molecule has 7 nitrogen and oxygen atoms in total. The number of ether oxygens (including phenoxy) is 1. The van der Waals surface area contributed by atoms with E-state index in [4.69, 9.17) is 9.72 Å². The van der Waals surface area contributed by atoms with E-state index in [0.29, 0.717) is 48.5 Å². The predicted molar refractivity (Wildman–Crippen MR) is 145 cm³/mol.